The van der Waals surface area contributed by atoms with Crippen LogP contribution in [0.1, 0.15) is 44.0 Å². The minimum atomic E-state index is -3.23. The number of amides is 2. The van der Waals surface area contributed by atoms with E-state index in [9.17, 15) is 18.0 Å². The summed E-state index contributed by atoms with van der Waals surface area (Å²) in [5.41, 5.74) is 12.1. The molecule has 0 saturated carbocycles. The molecule has 42 heavy (non-hydrogen) atoms. The van der Waals surface area contributed by atoms with E-state index in [2.05, 4.69) is 9.97 Å². The van der Waals surface area contributed by atoms with Gasteiger partial charge in [-0.1, -0.05) is 11.6 Å². The van der Waals surface area contributed by atoms with Gasteiger partial charge in [0.05, 0.1) is 18.0 Å². The lowest BCUT2D eigenvalue weighted by Gasteiger charge is -2.35. The number of nitrogens with zero attached hydrogens (tertiary/aromatic N) is 4. The van der Waals surface area contributed by atoms with E-state index in [0.717, 1.165) is 18.4 Å². The van der Waals surface area contributed by atoms with Crippen LogP contribution in [0.3, 0.4) is 0 Å². The monoisotopic (exact) mass is 620 g/mol. The summed E-state index contributed by atoms with van der Waals surface area (Å²) in [6.45, 7) is 2.64. The Bertz CT molecular complexity index is 1430. The van der Waals surface area contributed by atoms with Gasteiger partial charge in [-0.2, -0.15) is 0 Å². The van der Waals surface area contributed by atoms with Gasteiger partial charge in [0.2, 0.25) is 15.9 Å². The van der Waals surface area contributed by atoms with E-state index in [-0.39, 0.29) is 40.8 Å². The molecule has 1 aromatic carbocycles. The number of likely N-dealkylation sites (tertiary alicyclic amines) is 2. The summed E-state index contributed by atoms with van der Waals surface area (Å²) in [4.78, 5) is 36.7. The van der Waals surface area contributed by atoms with E-state index in [0.29, 0.717) is 69.3 Å². The van der Waals surface area contributed by atoms with Crippen LogP contribution >= 0.6 is 11.6 Å². The highest BCUT2D eigenvalue weighted by atomic mass is 35.5. The van der Waals surface area contributed by atoms with Crippen LogP contribution in [0.2, 0.25) is 5.15 Å². The normalized spacial score (nSPS) is 22.8. The van der Waals surface area contributed by atoms with Crippen LogP contribution < -0.4 is 16.2 Å². The van der Waals surface area contributed by atoms with Gasteiger partial charge in [-0.3, -0.25) is 10.2 Å². The summed E-state index contributed by atoms with van der Waals surface area (Å²) < 4.78 is 30.5. The van der Waals surface area contributed by atoms with Crippen molar-refractivity contribution >= 4 is 39.6 Å². The number of carbonyl (C=O) groups is 2. The van der Waals surface area contributed by atoms with Gasteiger partial charge >= 0.3 is 6.09 Å². The molecule has 0 aliphatic carbocycles. The number of piperidine rings is 2. The van der Waals surface area contributed by atoms with Crippen molar-refractivity contribution in [3.8, 4) is 17.0 Å². The first-order valence-electron chi connectivity index (χ1n) is 14.1. The second-order valence-electron chi connectivity index (χ2n) is 11.4. The number of nitrogens with one attached hydrogen (secondary N) is 2. The van der Waals surface area contributed by atoms with Crippen molar-refractivity contribution in [3.05, 3.63) is 35.2 Å². The molecule has 0 radical (unpaired) electrons. The number of primary amides is 1. The minimum Gasteiger partial charge on any atom is -0.411 e. The lowest BCUT2D eigenvalue weighted by molar-refractivity contribution is -0.138. The van der Waals surface area contributed by atoms with Crippen LogP contribution in [0.15, 0.2) is 24.3 Å². The molecule has 15 heteroatoms. The summed E-state index contributed by atoms with van der Waals surface area (Å²) in [5.74, 6) is 1.26. The third-order valence-corrected chi connectivity index (χ3v) is 10.4. The van der Waals surface area contributed by atoms with Gasteiger partial charge in [-0.05, 0) is 68.2 Å². The standard InChI is InChI=1S/C27H37ClN8O5S/c1-42(39,40)35-12-8-16(9-13-35)19-14-21(36(15-19)25(37)18-6-10-34(11-7-18)26(29)30)24-32-22(23(28)33-24)17-2-4-20(5-3-17)41-27(31)38/h2-5,16,18-19,21H,6-15H2,1H3,(H3,29,30)(H2,31,38)(H,32,33)/t19-,21-/m0/s1. The van der Waals surface area contributed by atoms with Gasteiger partial charge in [-0.25, -0.2) is 22.5 Å². The average molecular weight is 621 g/mol. The summed E-state index contributed by atoms with van der Waals surface area (Å²) in [5, 5.41) is 7.98. The molecule has 0 spiro atoms. The van der Waals surface area contributed by atoms with Gasteiger partial charge in [0.1, 0.15) is 11.6 Å². The zero-order valence-electron chi connectivity index (χ0n) is 23.5. The number of sulfonamides is 1. The molecule has 3 saturated heterocycles. The van der Waals surface area contributed by atoms with E-state index >= 15 is 0 Å². The fraction of sp³-hybridized carbons (Fsp3) is 0.556. The smallest absolute Gasteiger partial charge is 0.409 e. The Labute approximate surface area is 250 Å². The molecule has 2 amide bonds. The first-order valence-corrected chi connectivity index (χ1v) is 16.3. The molecule has 2 atom stereocenters. The molecule has 228 valence electrons. The number of nitrogens with two attached hydrogens (primary N) is 2. The molecule has 3 aliphatic heterocycles. The van der Waals surface area contributed by atoms with Crippen molar-refractivity contribution in [1.82, 2.24) is 24.1 Å². The van der Waals surface area contributed by atoms with E-state index in [1.165, 1.54) is 10.6 Å². The Morgan fingerprint density at radius 3 is 2.26 bits per heavy atom. The zero-order chi connectivity index (χ0) is 30.2. The third kappa shape index (κ3) is 6.50. The predicted octanol–water partition coefficient (Wildman–Crippen LogP) is 2.35. The van der Waals surface area contributed by atoms with Gasteiger partial charge < -0.3 is 31.0 Å². The molecule has 13 nitrogen and oxygen atoms in total. The molecule has 6 N–H and O–H groups in total. The Balaban J connectivity index is 1.37. The number of aromatic nitrogens is 2. The summed E-state index contributed by atoms with van der Waals surface area (Å²) in [6, 6.07) is 6.37. The highest BCUT2D eigenvalue weighted by Gasteiger charge is 2.44. The SMILES string of the molecule is CS(=O)(=O)N1CCC([C@H]2C[C@@H](c3nc(Cl)c(-c4ccc(OC(N)=O)cc4)[nH]3)N(C(=O)C3CCN(C(=N)N)CC3)C2)CC1. The molecule has 0 bridgehead atoms. The number of ether oxygens (including phenoxy) is 1. The van der Waals surface area contributed by atoms with Crippen molar-refractivity contribution in [2.75, 3.05) is 39.0 Å². The molecule has 2 aromatic rings. The van der Waals surface area contributed by atoms with Crippen LogP contribution in [0.4, 0.5) is 4.79 Å². The van der Waals surface area contributed by atoms with Crippen LogP contribution in [0, 0.1) is 23.2 Å². The van der Waals surface area contributed by atoms with Crippen molar-refractivity contribution in [2.24, 2.45) is 29.2 Å². The van der Waals surface area contributed by atoms with E-state index < -0.39 is 16.1 Å². The van der Waals surface area contributed by atoms with E-state index in [1.807, 2.05) is 4.90 Å². The number of H-pyrrole nitrogens is 1. The number of imidazole rings is 1. The van der Waals surface area contributed by atoms with Crippen LogP contribution in [0.25, 0.3) is 11.3 Å². The largest absolute Gasteiger partial charge is 0.411 e. The number of benzene rings is 1. The number of hydrogen-bond donors (Lipinski definition) is 4. The summed E-state index contributed by atoms with van der Waals surface area (Å²) in [7, 11) is -3.23. The van der Waals surface area contributed by atoms with Crippen LogP contribution in [-0.4, -0.2) is 89.4 Å². The van der Waals surface area contributed by atoms with Crippen LogP contribution in [-0.2, 0) is 14.8 Å². The van der Waals surface area contributed by atoms with Gasteiger partial charge in [0, 0.05) is 44.2 Å². The van der Waals surface area contributed by atoms with Crippen molar-refractivity contribution in [2.45, 2.75) is 38.1 Å². The first kappa shape index (κ1) is 30.1. The molecule has 4 heterocycles. The maximum absolute atomic E-state index is 14.0. The Morgan fingerprint density at radius 1 is 1.05 bits per heavy atom. The highest BCUT2D eigenvalue weighted by Crippen LogP contribution is 2.43. The summed E-state index contributed by atoms with van der Waals surface area (Å²) in [6.07, 6.45) is 3.75. The highest BCUT2D eigenvalue weighted by molar-refractivity contribution is 7.88. The number of rotatable bonds is 6. The lowest BCUT2D eigenvalue weighted by atomic mass is 9.83. The average Bonchev–Trinajstić information content (AvgIpc) is 3.56. The van der Waals surface area contributed by atoms with Crippen LogP contribution in [0.5, 0.6) is 5.75 Å². The third-order valence-electron chi connectivity index (χ3n) is 8.79. The second kappa shape index (κ2) is 12.1. The zero-order valence-corrected chi connectivity index (χ0v) is 25.0. The number of carbonyl (C=O) groups excluding carboxylic acids is 2. The Morgan fingerprint density at radius 2 is 1.69 bits per heavy atom. The number of halogens is 1. The number of hydrogen-bond acceptors (Lipinski definition) is 7. The van der Waals surface area contributed by atoms with E-state index in [1.54, 1.807) is 29.2 Å². The predicted molar refractivity (Wildman–Crippen MR) is 157 cm³/mol. The molecule has 1 aromatic heterocycles. The van der Waals surface area contributed by atoms with E-state index in [4.69, 9.17) is 33.2 Å². The maximum atomic E-state index is 14.0. The fourth-order valence-electron chi connectivity index (χ4n) is 6.52. The topological polar surface area (TPSA) is 192 Å². The second-order valence-corrected chi connectivity index (χ2v) is 13.7. The molecule has 0 unspecified atom stereocenters. The molecular weight excluding hydrogens is 584 g/mol. The fourth-order valence-corrected chi connectivity index (χ4v) is 7.64. The summed E-state index contributed by atoms with van der Waals surface area (Å²) >= 11 is 6.60. The van der Waals surface area contributed by atoms with Crippen molar-refractivity contribution in [1.29, 1.82) is 5.41 Å². The van der Waals surface area contributed by atoms with Crippen molar-refractivity contribution in [3.63, 3.8) is 0 Å². The molecule has 3 fully saturated rings. The lowest BCUT2D eigenvalue weighted by Crippen LogP contribution is -2.46. The van der Waals surface area contributed by atoms with Gasteiger partial charge in [0.25, 0.3) is 0 Å². The Kier molecular flexibility index (Phi) is 8.67. The number of guanidine groups is 1. The quantitative estimate of drug-likeness (QED) is 0.279. The molecular formula is C27H37ClN8O5S. The minimum absolute atomic E-state index is 0.0208. The van der Waals surface area contributed by atoms with Gasteiger partial charge in [0.15, 0.2) is 11.1 Å². The van der Waals surface area contributed by atoms with Crippen molar-refractivity contribution < 1.29 is 22.7 Å². The molecule has 3 aliphatic rings. The first-order chi connectivity index (χ1) is 19.9. The maximum Gasteiger partial charge on any atom is 0.409 e. The van der Waals surface area contributed by atoms with Gasteiger partial charge in [-0.15, -0.1) is 0 Å². The molecule has 5 rings (SSSR count). The Hall–Kier alpha value is -3.36. The number of aromatic amines is 1.